The Morgan fingerprint density at radius 3 is 2.80 bits per heavy atom. The molecule has 0 aliphatic carbocycles. The van der Waals surface area contributed by atoms with Gasteiger partial charge in [-0.25, -0.2) is 4.39 Å². The van der Waals surface area contributed by atoms with E-state index >= 15 is 0 Å². The van der Waals surface area contributed by atoms with Gasteiger partial charge in [-0.1, -0.05) is 6.07 Å². The Kier molecular flexibility index (Phi) is 4.52. The van der Waals surface area contributed by atoms with Gasteiger partial charge in [0, 0.05) is 7.11 Å². The highest BCUT2D eigenvalue weighted by molar-refractivity contribution is 5.30. The van der Waals surface area contributed by atoms with E-state index in [9.17, 15) is 9.50 Å². The quantitative estimate of drug-likeness (QED) is 0.782. The van der Waals surface area contributed by atoms with Crippen molar-refractivity contribution in [3.05, 3.63) is 29.6 Å². The van der Waals surface area contributed by atoms with Gasteiger partial charge in [0.1, 0.15) is 0 Å². The molecule has 0 spiro atoms. The van der Waals surface area contributed by atoms with E-state index in [1.165, 1.54) is 12.1 Å². The van der Waals surface area contributed by atoms with Crippen LogP contribution in [0.25, 0.3) is 0 Å². The number of phenolic OH excluding ortho intramolecular Hbond substituents is 1. The Balaban J connectivity index is 2.78. The molecule has 0 heterocycles. The molecule has 1 rings (SSSR count). The zero-order chi connectivity index (χ0) is 11.3. The maximum Gasteiger partial charge on any atom is 0.164 e. The zero-order valence-electron chi connectivity index (χ0n) is 8.96. The van der Waals surface area contributed by atoms with E-state index in [1.807, 2.05) is 7.05 Å². The molecule has 1 aromatic rings. The first-order chi connectivity index (χ1) is 7.19. The van der Waals surface area contributed by atoms with Crippen LogP contribution in [0, 0.1) is 5.82 Å². The Hall–Kier alpha value is -1.13. The normalized spacial score (nSPS) is 12.7. The number of rotatable bonds is 5. The molecule has 0 aromatic heterocycles. The topological polar surface area (TPSA) is 41.5 Å². The van der Waals surface area contributed by atoms with Crippen molar-refractivity contribution >= 4 is 0 Å². The highest BCUT2D eigenvalue weighted by atomic mass is 18.2. The average Bonchev–Trinajstić information content (AvgIpc) is 2.24. The van der Waals surface area contributed by atoms with Crippen LogP contribution in [0.2, 0.25) is 0 Å². The fourth-order valence-corrected chi connectivity index (χ4v) is 1.43. The van der Waals surface area contributed by atoms with Crippen molar-refractivity contribution in [2.24, 2.45) is 0 Å². The third-order valence-corrected chi connectivity index (χ3v) is 2.28. The minimum Gasteiger partial charge on any atom is -0.505 e. The number of ether oxygens (including phenoxy) is 1. The SMILES string of the molecule is CNCCC(OC)c1ccc([18F])c(O)c1. The Bertz CT molecular complexity index is 317. The third kappa shape index (κ3) is 3.18. The van der Waals surface area contributed by atoms with E-state index in [0.29, 0.717) is 0 Å². The summed E-state index contributed by atoms with van der Waals surface area (Å²) in [4.78, 5) is 0. The Labute approximate surface area is 88.9 Å². The molecular weight excluding hydrogens is 196 g/mol. The van der Waals surface area contributed by atoms with Crippen LogP contribution in [-0.2, 0) is 4.74 Å². The van der Waals surface area contributed by atoms with E-state index in [4.69, 9.17) is 4.74 Å². The lowest BCUT2D eigenvalue weighted by molar-refractivity contribution is 0.0958. The van der Waals surface area contributed by atoms with Crippen LogP contribution in [0.4, 0.5) is 4.39 Å². The molecule has 0 aliphatic rings. The van der Waals surface area contributed by atoms with Gasteiger partial charge < -0.3 is 15.2 Å². The first kappa shape index (κ1) is 11.9. The first-order valence-electron chi connectivity index (χ1n) is 4.85. The molecule has 1 aromatic carbocycles. The maximum atomic E-state index is 12.8. The van der Waals surface area contributed by atoms with Crippen molar-refractivity contribution in [2.75, 3.05) is 20.7 Å². The molecule has 0 bridgehead atoms. The molecule has 15 heavy (non-hydrogen) atoms. The summed E-state index contributed by atoms with van der Waals surface area (Å²) >= 11 is 0. The van der Waals surface area contributed by atoms with Crippen LogP contribution in [0.5, 0.6) is 5.75 Å². The van der Waals surface area contributed by atoms with Gasteiger partial charge in [0.15, 0.2) is 11.6 Å². The molecule has 1 atom stereocenters. The van der Waals surface area contributed by atoms with E-state index < -0.39 is 5.82 Å². The van der Waals surface area contributed by atoms with Crippen LogP contribution in [0.1, 0.15) is 18.1 Å². The Morgan fingerprint density at radius 2 is 2.27 bits per heavy atom. The Morgan fingerprint density at radius 1 is 1.53 bits per heavy atom. The smallest absolute Gasteiger partial charge is 0.164 e. The van der Waals surface area contributed by atoms with E-state index in [0.717, 1.165) is 18.5 Å². The van der Waals surface area contributed by atoms with Crippen LogP contribution >= 0.6 is 0 Å². The largest absolute Gasteiger partial charge is 0.505 e. The van der Waals surface area contributed by atoms with Crippen LogP contribution in [0.15, 0.2) is 18.2 Å². The number of halogens is 1. The van der Waals surface area contributed by atoms with E-state index in [2.05, 4.69) is 5.32 Å². The second-order valence-electron chi connectivity index (χ2n) is 3.33. The number of hydrogen-bond donors (Lipinski definition) is 2. The van der Waals surface area contributed by atoms with E-state index in [-0.39, 0.29) is 11.9 Å². The molecule has 2 N–H and O–H groups in total. The minimum atomic E-state index is -0.609. The van der Waals surface area contributed by atoms with Gasteiger partial charge in [-0.2, -0.15) is 0 Å². The van der Waals surface area contributed by atoms with Crippen molar-refractivity contribution in [1.29, 1.82) is 0 Å². The molecule has 3 nitrogen and oxygen atoms in total. The summed E-state index contributed by atoms with van der Waals surface area (Å²) in [6.45, 7) is 0.802. The van der Waals surface area contributed by atoms with Gasteiger partial charge in [0.25, 0.3) is 0 Å². The number of hydrogen-bond acceptors (Lipinski definition) is 3. The lowest BCUT2D eigenvalue weighted by Crippen LogP contribution is -2.13. The van der Waals surface area contributed by atoms with Gasteiger partial charge in [0.2, 0.25) is 0 Å². The molecule has 0 saturated carbocycles. The summed E-state index contributed by atoms with van der Waals surface area (Å²) in [6, 6.07) is 4.27. The maximum absolute atomic E-state index is 12.8. The standard InChI is InChI=1S/C11H16FNO2/c1-13-6-5-11(15-2)8-3-4-9(12)10(14)7-8/h3-4,7,11,13-14H,5-6H2,1-2H3/i12-1. The summed E-state index contributed by atoms with van der Waals surface area (Å²) in [5.41, 5.74) is 0.784. The predicted octanol–water partition coefficient (Wildman–Crippen LogP) is 1.83. The highest BCUT2D eigenvalue weighted by Gasteiger charge is 2.11. The van der Waals surface area contributed by atoms with E-state index in [1.54, 1.807) is 13.2 Å². The molecule has 0 radical (unpaired) electrons. The van der Waals surface area contributed by atoms with Crippen molar-refractivity contribution in [3.63, 3.8) is 0 Å². The molecular formula is C11H16FNO2. The lowest BCUT2D eigenvalue weighted by Gasteiger charge is -2.15. The van der Waals surface area contributed by atoms with Crippen molar-refractivity contribution in [2.45, 2.75) is 12.5 Å². The summed E-state index contributed by atoms with van der Waals surface area (Å²) < 4.78 is 18.1. The molecule has 4 heteroatoms. The van der Waals surface area contributed by atoms with Crippen molar-refractivity contribution in [3.8, 4) is 5.75 Å². The lowest BCUT2D eigenvalue weighted by atomic mass is 10.1. The fourth-order valence-electron chi connectivity index (χ4n) is 1.43. The number of aromatic hydroxyl groups is 1. The number of benzene rings is 1. The molecule has 0 amide bonds. The van der Waals surface area contributed by atoms with Crippen molar-refractivity contribution in [1.82, 2.24) is 5.32 Å². The fraction of sp³-hybridized carbons (Fsp3) is 0.455. The summed E-state index contributed by atoms with van der Waals surface area (Å²) in [7, 11) is 3.45. The van der Waals surface area contributed by atoms with Crippen LogP contribution in [0.3, 0.4) is 0 Å². The molecule has 84 valence electrons. The van der Waals surface area contributed by atoms with Gasteiger partial charge in [-0.15, -0.1) is 0 Å². The highest BCUT2D eigenvalue weighted by Crippen LogP contribution is 2.25. The van der Waals surface area contributed by atoms with Crippen LogP contribution in [-0.4, -0.2) is 25.8 Å². The van der Waals surface area contributed by atoms with Crippen molar-refractivity contribution < 1.29 is 14.2 Å². The molecule has 0 saturated heterocycles. The minimum absolute atomic E-state index is 0.121. The van der Waals surface area contributed by atoms with Gasteiger partial charge in [0.05, 0.1) is 6.10 Å². The summed E-state index contributed by atoms with van der Waals surface area (Å²) in [5.74, 6) is -0.943. The summed E-state index contributed by atoms with van der Waals surface area (Å²) in [5, 5.41) is 12.2. The van der Waals surface area contributed by atoms with Gasteiger partial charge in [-0.05, 0) is 37.7 Å². The molecule has 0 fully saturated rings. The molecule has 0 aliphatic heterocycles. The monoisotopic (exact) mass is 212 g/mol. The summed E-state index contributed by atoms with van der Waals surface area (Å²) in [6.07, 6.45) is 0.655. The second kappa shape index (κ2) is 5.68. The second-order valence-corrected chi connectivity index (χ2v) is 3.33. The molecule has 1 unspecified atom stereocenters. The van der Waals surface area contributed by atoms with Crippen LogP contribution < -0.4 is 5.32 Å². The zero-order valence-corrected chi connectivity index (χ0v) is 8.96. The van der Waals surface area contributed by atoms with Gasteiger partial charge in [-0.3, -0.25) is 0 Å². The van der Waals surface area contributed by atoms with Gasteiger partial charge >= 0.3 is 0 Å². The number of nitrogens with one attached hydrogen (secondary N) is 1. The first-order valence-corrected chi connectivity index (χ1v) is 4.85. The predicted molar refractivity (Wildman–Crippen MR) is 56.4 cm³/mol. The average molecular weight is 212 g/mol. The third-order valence-electron chi connectivity index (χ3n) is 2.28. The number of methoxy groups -OCH3 is 1. The number of phenols is 1.